The Balaban J connectivity index is 1.87. The summed E-state index contributed by atoms with van der Waals surface area (Å²) in [6, 6.07) is 16.7. The minimum absolute atomic E-state index is 0.678. The highest BCUT2D eigenvalue weighted by molar-refractivity contribution is 9.10. The molecule has 0 fully saturated rings. The van der Waals surface area contributed by atoms with Crippen molar-refractivity contribution in [1.29, 1.82) is 0 Å². The van der Waals surface area contributed by atoms with E-state index in [-0.39, 0.29) is 0 Å². The van der Waals surface area contributed by atoms with E-state index in [0.29, 0.717) is 6.54 Å². The zero-order valence-electron chi connectivity index (χ0n) is 14.9. The highest BCUT2D eigenvalue weighted by Gasteiger charge is 2.14. The van der Waals surface area contributed by atoms with Crippen LogP contribution in [-0.4, -0.2) is 28.9 Å². The molecule has 0 saturated carbocycles. The number of allylic oxidation sites excluding steroid dienone is 1. The number of aromatic nitrogens is 3. The van der Waals surface area contributed by atoms with E-state index in [1.807, 2.05) is 26.2 Å². The van der Waals surface area contributed by atoms with Gasteiger partial charge >= 0.3 is 0 Å². The van der Waals surface area contributed by atoms with E-state index in [1.54, 1.807) is 11.8 Å². The first-order valence-electron chi connectivity index (χ1n) is 8.27. The van der Waals surface area contributed by atoms with E-state index in [9.17, 15) is 0 Å². The molecule has 0 bridgehead atoms. The van der Waals surface area contributed by atoms with Gasteiger partial charge in [-0.3, -0.25) is 4.57 Å². The van der Waals surface area contributed by atoms with Crippen molar-refractivity contribution in [1.82, 2.24) is 14.8 Å². The number of hydrogen-bond acceptors (Lipinski definition) is 4. The standard InChI is InChI=1S/C20H21BrN4S/c1-4-12-25-19(16-6-5-7-18(13-16)24(2)3)22-23-20(25)26-14-15-8-10-17(21)11-9-15/h4-11,13H,1,12,14H2,2-3H3. The Kier molecular flexibility index (Phi) is 6.16. The van der Waals surface area contributed by atoms with E-state index in [1.165, 1.54) is 5.56 Å². The zero-order chi connectivity index (χ0) is 18.5. The number of thioether (sulfide) groups is 1. The van der Waals surface area contributed by atoms with Crippen molar-refractivity contribution in [3.8, 4) is 11.4 Å². The van der Waals surface area contributed by atoms with Crippen molar-refractivity contribution >= 4 is 33.4 Å². The summed E-state index contributed by atoms with van der Waals surface area (Å²) in [6.07, 6.45) is 1.88. The van der Waals surface area contributed by atoms with Crippen LogP contribution in [0.1, 0.15) is 5.56 Å². The Morgan fingerprint density at radius 1 is 1.15 bits per heavy atom. The molecule has 4 nitrogen and oxygen atoms in total. The van der Waals surface area contributed by atoms with Crippen LogP contribution in [0.2, 0.25) is 0 Å². The van der Waals surface area contributed by atoms with Crippen LogP contribution in [0.15, 0.2) is 70.8 Å². The summed E-state index contributed by atoms with van der Waals surface area (Å²) in [7, 11) is 4.07. The van der Waals surface area contributed by atoms with Crippen molar-refractivity contribution < 1.29 is 0 Å². The quantitative estimate of drug-likeness (QED) is 0.380. The van der Waals surface area contributed by atoms with E-state index < -0.39 is 0 Å². The Bertz CT molecular complexity index is 887. The second-order valence-corrected chi connectivity index (χ2v) is 7.92. The third kappa shape index (κ3) is 4.37. The number of nitrogens with zero attached hydrogens (tertiary/aromatic N) is 4. The van der Waals surface area contributed by atoms with E-state index >= 15 is 0 Å². The van der Waals surface area contributed by atoms with Crippen LogP contribution in [-0.2, 0) is 12.3 Å². The minimum atomic E-state index is 0.678. The molecule has 134 valence electrons. The van der Waals surface area contributed by atoms with Gasteiger partial charge in [-0.1, -0.05) is 58.0 Å². The Labute approximate surface area is 167 Å². The first-order valence-corrected chi connectivity index (χ1v) is 10.1. The number of anilines is 1. The molecular formula is C20H21BrN4S. The predicted molar refractivity (Wildman–Crippen MR) is 114 cm³/mol. The zero-order valence-corrected chi connectivity index (χ0v) is 17.3. The lowest BCUT2D eigenvalue weighted by Gasteiger charge is -2.14. The molecule has 0 aliphatic rings. The predicted octanol–water partition coefficient (Wildman–Crippen LogP) is 5.25. The van der Waals surface area contributed by atoms with Gasteiger partial charge in [0.2, 0.25) is 0 Å². The summed E-state index contributed by atoms with van der Waals surface area (Å²) in [4.78, 5) is 2.08. The molecule has 0 amide bonds. The SMILES string of the molecule is C=CCn1c(SCc2ccc(Br)cc2)nnc1-c1cccc(N(C)C)c1. The number of rotatable bonds is 7. The molecule has 0 radical (unpaired) electrons. The fourth-order valence-corrected chi connectivity index (χ4v) is 3.72. The van der Waals surface area contributed by atoms with Gasteiger partial charge in [0, 0.05) is 42.1 Å². The van der Waals surface area contributed by atoms with Gasteiger partial charge in [0.05, 0.1) is 0 Å². The summed E-state index contributed by atoms with van der Waals surface area (Å²) in [5, 5.41) is 9.77. The van der Waals surface area contributed by atoms with Crippen LogP contribution < -0.4 is 4.90 Å². The molecule has 0 atom stereocenters. The molecule has 0 saturated heterocycles. The second-order valence-electron chi connectivity index (χ2n) is 6.07. The largest absolute Gasteiger partial charge is 0.378 e. The van der Waals surface area contributed by atoms with Crippen molar-refractivity contribution in [3.63, 3.8) is 0 Å². The third-order valence-corrected chi connectivity index (χ3v) is 5.50. The maximum absolute atomic E-state index is 4.45. The monoisotopic (exact) mass is 428 g/mol. The number of halogens is 1. The van der Waals surface area contributed by atoms with Gasteiger partial charge in [0.1, 0.15) is 0 Å². The molecule has 0 aliphatic carbocycles. The fraction of sp³-hybridized carbons (Fsp3) is 0.200. The van der Waals surface area contributed by atoms with Crippen LogP contribution >= 0.6 is 27.7 Å². The van der Waals surface area contributed by atoms with Crippen LogP contribution in [0.25, 0.3) is 11.4 Å². The molecular weight excluding hydrogens is 408 g/mol. The maximum Gasteiger partial charge on any atom is 0.192 e. The Morgan fingerprint density at radius 2 is 1.92 bits per heavy atom. The average molecular weight is 429 g/mol. The molecule has 26 heavy (non-hydrogen) atoms. The lowest BCUT2D eigenvalue weighted by atomic mass is 10.2. The summed E-state index contributed by atoms with van der Waals surface area (Å²) >= 11 is 5.16. The van der Waals surface area contributed by atoms with Gasteiger partial charge in [-0.2, -0.15) is 0 Å². The summed E-state index contributed by atoms with van der Waals surface area (Å²) in [5.41, 5.74) is 3.45. The van der Waals surface area contributed by atoms with Crippen molar-refractivity contribution in [2.45, 2.75) is 17.5 Å². The van der Waals surface area contributed by atoms with E-state index in [2.05, 4.69) is 84.6 Å². The molecule has 6 heteroatoms. The summed E-state index contributed by atoms with van der Waals surface area (Å²) in [6.45, 7) is 4.56. The van der Waals surface area contributed by atoms with Crippen molar-refractivity contribution in [2.24, 2.45) is 0 Å². The van der Waals surface area contributed by atoms with Crippen LogP contribution in [0, 0.1) is 0 Å². The topological polar surface area (TPSA) is 34.0 Å². The van der Waals surface area contributed by atoms with E-state index in [0.717, 1.165) is 32.5 Å². The molecule has 0 N–H and O–H groups in total. The molecule has 2 aromatic carbocycles. The average Bonchev–Trinajstić information content (AvgIpc) is 3.04. The molecule has 1 heterocycles. The van der Waals surface area contributed by atoms with Crippen LogP contribution in [0.3, 0.4) is 0 Å². The van der Waals surface area contributed by atoms with Crippen molar-refractivity contribution in [2.75, 3.05) is 19.0 Å². The molecule has 0 unspecified atom stereocenters. The highest BCUT2D eigenvalue weighted by atomic mass is 79.9. The highest BCUT2D eigenvalue weighted by Crippen LogP contribution is 2.28. The lowest BCUT2D eigenvalue weighted by Crippen LogP contribution is -2.08. The van der Waals surface area contributed by atoms with Crippen molar-refractivity contribution in [3.05, 3.63) is 71.2 Å². The van der Waals surface area contributed by atoms with Crippen LogP contribution in [0.5, 0.6) is 0 Å². The number of benzene rings is 2. The molecule has 0 aliphatic heterocycles. The lowest BCUT2D eigenvalue weighted by molar-refractivity contribution is 0.731. The molecule has 3 rings (SSSR count). The molecule has 3 aromatic rings. The fourth-order valence-electron chi connectivity index (χ4n) is 2.55. The van der Waals surface area contributed by atoms with E-state index in [4.69, 9.17) is 0 Å². The summed E-state index contributed by atoms with van der Waals surface area (Å²) < 4.78 is 3.20. The van der Waals surface area contributed by atoms with Gasteiger partial charge in [0.15, 0.2) is 11.0 Å². The van der Waals surface area contributed by atoms with Gasteiger partial charge < -0.3 is 4.90 Å². The Hall–Kier alpha value is -2.05. The number of hydrogen-bond donors (Lipinski definition) is 0. The summed E-state index contributed by atoms with van der Waals surface area (Å²) in [5.74, 6) is 1.72. The third-order valence-electron chi connectivity index (χ3n) is 3.93. The van der Waals surface area contributed by atoms with Gasteiger partial charge in [0.25, 0.3) is 0 Å². The van der Waals surface area contributed by atoms with Crippen LogP contribution in [0.4, 0.5) is 5.69 Å². The minimum Gasteiger partial charge on any atom is -0.378 e. The first kappa shape index (κ1) is 18.7. The normalized spacial score (nSPS) is 10.7. The second kappa shape index (κ2) is 8.56. The molecule has 0 spiro atoms. The van der Waals surface area contributed by atoms with Gasteiger partial charge in [-0.25, -0.2) is 0 Å². The Morgan fingerprint density at radius 3 is 2.62 bits per heavy atom. The maximum atomic E-state index is 4.45. The van der Waals surface area contributed by atoms with Gasteiger partial charge in [-0.15, -0.1) is 16.8 Å². The molecule has 1 aromatic heterocycles. The van der Waals surface area contributed by atoms with Gasteiger partial charge in [-0.05, 0) is 29.8 Å². The first-order chi connectivity index (χ1) is 12.6. The smallest absolute Gasteiger partial charge is 0.192 e.